The van der Waals surface area contributed by atoms with Gasteiger partial charge in [-0.2, -0.15) is 23.2 Å². The van der Waals surface area contributed by atoms with Crippen LogP contribution in [0.15, 0.2) is 0 Å². The van der Waals surface area contributed by atoms with Crippen LogP contribution in [0.2, 0.25) is 0 Å². The zero-order valence-corrected chi connectivity index (χ0v) is 8.35. The molecule has 72 valence electrons. The lowest BCUT2D eigenvalue weighted by Gasteiger charge is -2.14. The van der Waals surface area contributed by atoms with E-state index < -0.39 is 9.24 Å². The number of rotatable bonds is 5. The predicted molar refractivity (Wildman–Crippen MR) is 46.8 cm³/mol. The molecule has 0 aromatic carbocycles. The van der Waals surface area contributed by atoms with E-state index in [0.29, 0.717) is 0 Å². The Kier molecular flexibility index (Phi) is 5.40. The topological polar surface area (TPSA) is 85.0 Å². The highest BCUT2D eigenvalue weighted by Crippen LogP contribution is 2.07. The fraction of sp³-hybridized carbons (Fsp3) is 0.667. The molecule has 0 spiro atoms. The summed E-state index contributed by atoms with van der Waals surface area (Å²) in [6, 6.07) is 3.60. The molecule has 0 amide bonds. The standard InChI is InChI=1S/C6H8ClN3O2S/c7-13(11,12)10(5-1-3-8)6-2-4-9/h1-2,5-6H2. The van der Waals surface area contributed by atoms with Crippen molar-refractivity contribution in [1.82, 2.24) is 4.31 Å². The quantitative estimate of drug-likeness (QED) is 0.637. The fourth-order valence-corrected chi connectivity index (χ4v) is 1.71. The van der Waals surface area contributed by atoms with Gasteiger partial charge in [-0.05, 0) is 0 Å². The van der Waals surface area contributed by atoms with Gasteiger partial charge >= 0.3 is 0 Å². The van der Waals surface area contributed by atoms with Gasteiger partial charge in [-0.1, -0.05) is 0 Å². The largest absolute Gasteiger partial charge is 0.299 e. The molecule has 0 unspecified atom stereocenters. The van der Waals surface area contributed by atoms with Crippen molar-refractivity contribution >= 4 is 19.9 Å². The molecule has 0 fully saturated rings. The molecule has 0 aliphatic rings. The summed E-state index contributed by atoms with van der Waals surface area (Å²) >= 11 is 0. The average Bonchev–Trinajstić information content (AvgIpc) is 2.02. The molecule has 0 aromatic heterocycles. The van der Waals surface area contributed by atoms with E-state index in [0.717, 1.165) is 4.31 Å². The molecule has 0 rings (SSSR count). The molecule has 0 saturated carbocycles. The first-order valence-electron chi connectivity index (χ1n) is 3.46. The zero-order chi connectivity index (χ0) is 10.3. The van der Waals surface area contributed by atoms with Crippen LogP contribution in [0.4, 0.5) is 0 Å². The maximum absolute atomic E-state index is 10.8. The Hall–Kier alpha value is -0.820. The van der Waals surface area contributed by atoms with Crippen molar-refractivity contribution in [3.05, 3.63) is 0 Å². The Morgan fingerprint density at radius 2 is 1.54 bits per heavy atom. The summed E-state index contributed by atoms with van der Waals surface area (Å²) in [4.78, 5) is 0. The number of halogens is 1. The van der Waals surface area contributed by atoms with Crippen molar-refractivity contribution in [2.45, 2.75) is 12.8 Å². The van der Waals surface area contributed by atoms with Gasteiger partial charge < -0.3 is 0 Å². The Labute approximate surface area is 81.7 Å². The molecule has 0 N–H and O–H groups in total. The van der Waals surface area contributed by atoms with Gasteiger partial charge in [0.25, 0.3) is 9.24 Å². The summed E-state index contributed by atoms with van der Waals surface area (Å²) in [5.74, 6) is 0. The van der Waals surface area contributed by atoms with Gasteiger partial charge in [0.15, 0.2) is 0 Å². The Morgan fingerprint density at radius 1 is 1.15 bits per heavy atom. The maximum Gasteiger partial charge on any atom is 0.299 e. The summed E-state index contributed by atoms with van der Waals surface area (Å²) in [6.45, 7) is 0.0635. The zero-order valence-electron chi connectivity index (χ0n) is 6.77. The molecule has 13 heavy (non-hydrogen) atoms. The van der Waals surface area contributed by atoms with E-state index in [2.05, 4.69) is 0 Å². The van der Waals surface area contributed by atoms with Crippen LogP contribution in [0.3, 0.4) is 0 Å². The molecule has 5 nitrogen and oxygen atoms in total. The summed E-state index contributed by atoms with van der Waals surface area (Å²) in [5.41, 5.74) is 0. The van der Waals surface area contributed by atoms with Crippen LogP contribution in [-0.2, 0) is 9.24 Å². The van der Waals surface area contributed by atoms with Crippen molar-refractivity contribution in [3.63, 3.8) is 0 Å². The van der Waals surface area contributed by atoms with Gasteiger partial charge in [0.05, 0.1) is 12.1 Å². The van der Waals surface area contributed by atoms with E-state index in [-0.39, 0.29) is 25.9 Å². The molecule has 0 saturated heterocycles. The van der Waals surface area contributed by atoms with E-state index in [1.54, 1.807) is 12.1 Å². The summed E-state index contributed by atoms with van der Waals surface area (Å²) in [6.07, 6.45) is 0.134. The van der Waals surface area contributed by atoms with Crippen molar-refractivity contribution in [2.24, 2.45) is 0 Å². The predicted octanol–water partition coefficient (Wildman–Crippen LogP) is 0.599. The first-order valence-corrected chi connectivity index (χ1v) is 5.72. The van der Waals surface area contributed by atoms with Crippen LogP contribution in [0.1, 0.15) is 12.8 Å². The lowest BCUT2D eigenvalue weighted by atomic mass is 10.4. The Morgan fingerprint density at radius 3 is 1.77 bits per heavy atom. The van der Waals surface area contributed by atoms with Gasteiger partial charge in [-0.15, -0.1) is 0 Å². The van der Waals surface area contributed by atoms with Gasteiger partial charge in [0.1, 0.15) is 0 Å². The van der Waals surface area contributed by atoms with Crippen molar-refractivity contribution in [2.75, 3.05) is 13.1 Å². The second-order valence-electron chi connectivity index (χ2n) is 2.16. The number of hydrogen-bond donors (Lipinski definition) is 0. The molecule has 0 atom stereocenters. The van der Waals surface area contributed by atoms with E-state index in [1.165, 1.54) is 0 Å². The molecule has 0 radical (unpaired) electrons. The highest BCUT2D eigenvalue weighted by atomic mass is 35.7. The van der Waals surface area contributed by atoms with E-state index in [4.69, 9.17) is 21.2 Å². The van der Waals surface area contributed by atoms with Gasteiger partial charge in [-0.25, -0.2) is 0 Å². The maximum atomic E-state index is 10.8. The monoisotopic (exact) mass is 221 g/mol. The third-order valence-electron chi connectivity index (χ3n) is 1.25. The number of nitrogens with zero attached hydrogens (tertiary/aromatic N) is 3. The van der Waals surface area contributed by atoms with Crippen LogP contribution < -0.4 is 0 Å². The third-order valence-corrected chi connectivity index (χ3v) is 2.82. The molecule has 0 aliphatic carbocycles. The lowest BCUT2D eigenvalue weighted by Crippen LogP contribution is -2.29. The van der Waals surface area contributed by atoms with Crippen LogP contribution in [-0.4, -0.2) is 25.8 Å². The highest BCUT2D eigenvalue weighted by molar-refractivity contribution is 8.11. The second kappa shape index (κ2) is 5.76. The molecular weight excluding hydrogens is 214 g/mol. The molecule has 0 bridgehead atoms. The van der Waals surface area contributed by atoms with Gasteiger partial charge in [0.2, 0.25) is 0 Å². The minimum atomic E-state index is -3.81. The Bertz CT molecular complexity index is 309. The molecule has 7 heteroatoms. The normalized spacial score (nSPS) is 10.8. The smallest absolute Gasteiger partial charge is 0.198 e. The first-order chi connectivity index (χ1) is 6.02. The second-order valence-corrected chi connectivity index (χ2v) is 4.67. The number of nitriles is 2. The minimum absolute atomic E-state index is 0.0318. The summed E-state index contributed by atoms with van der Waals surface area (Å²) in [5, 5.41) is 16.5. The van der Waals surface area contributed by atoms with Crippen LogP contribution >= 0.6 is 10.7 Å². The van der Waals surface area contributed by atoms with Crippen LogP contribution in [0.25, 0.3) is 0 Å². The molecule has 0 heterocycles. The molecular formula is C6H8ClN3O2S. The summed E-state index contributed by atoms with van der Waals surface area (Å²) < 4.78 is 22.5. The summed E-state index contributed by atoms with van der Waals surface area (Å²) in [7, 11) is 1.24. The van der Waals surface area contributed by atoms with Crippen molar-refractivity contribution in [1.29, 1.82) is 10.5 Å². The van der Waals surface area contributed by atoms with E-state index in [1.807, 2.05) is 0 Å². The third kappa shape index (κ3) is 5.42. The molecule has 0 aliphatic heterocycles. The lowest BCUT2D eigenvalue weighted by molar-refractivity contribution is 0.436. The highest BCUT2D eigenvalue weighted by Gasteiger charge is 2.17. The fourth-order valence-electron chi connectivity index (χ4n) is 0.679. The van der Waals surface area contributed by atoms with Gasteiger partial charge in [-0.3, -0.25) is 0 Å². The van der Waals surface area contributed by atoms with Gasteiger partial charge in [0, 0.05) is 36.6 Å². The number of hydrogen-bond acceptors (Lipinski definition) is 4. The molecule has 0 aromatic rings. The SMILES string of the molecule is N#CCCN(CCC#N)S(=O)(=O)Cl. The van der Waals surface area contributed by atoms with E-state index in [9.17, 15) is 8.42 Å². The van der Waals surface area contributed by atoms with Crippen molar-refractivity contribution in [3.8, 4) is 12.1 Å². The minimum Gasteiger partial charge on any atom is -0.198 e. The average molecular weight is 222 g/mol. The van der Waals surface area contributed by atoms with E-state index >= 15 is 0 Å². The van der Waals surface area contributed by atoms with Crippen LogP contribution in [0, 0.1) is 22.7 Å². The van der Waals surface area contributed by atoms with Crippen molar-refractivity contribution < 1.29 is 8.42 Å². The Balaban J connectivity index is 4.24. The first kappa shape index (κ1) is 12.2. The van der Waals surface area contributed by atoms with Crippen LogP contribution in [0.5, 0.6) is 0 Å².